The van der Waals surface area contributed by atoms with E-state index in [1.54, 1.807) is 49.5 Å². The van der Waals surface area contributed by atoms with Gasteiger partial charge in [0.05, 0.1) is 6.04 Å². The second-order valence-electron chi connectivity index (χ2n) is 7.12. The van der Waals surface area contributed by atoms with E-state index in [1.165, 1.54) is 41.0 Å². The third kappa shape index (κ3) is 4.24. The van der Waals surface area contributed by atoms with Crippen molar-refractivity contribution in [2.75, 3.05) is 0 Å². The number of carbonyl (C=O) groups is 1. The lowest BCUT2D eigenvalue weighted by Crippen LogP contribution is -2.31. The van der Waals surface area contributed by atoms with Crippen molar-refractivity contribution >= 4 is 5.91 Å². The predicted molar refractivity (Wildman–Crippen MR) is 118 cm³/mol. The number of halogens is 1. The van der Waals surface area contributed by atoms with Crippen molar-refractivity contribution in [1.82, 2.24) is 19.7 Å². The Hall–Kier alpha value is -4.33. The van der Waals surface area contributed by atoms with Crippen LogP contribution >= 0.6 is 0 Å². The molecule has 2 heterocycles. The zero-order valence-corrected chi connectivity index (χ0v) is 17.1. The van der Waals surface area contributed by atoms with E-state index >= 15 is 0 Å². The molecule has 4 aromatic rings. The van der Waals surface area contributed by atoms with Crippen molar-refractivity contribution in [2.24, 2.45) is 0 Å². The summed E-state index contributed by atoms with van der Waals surface area (Å²) in [6, 6.07) is 19.9. The number of nitrogens with zero attached hydrogens (tertiary/aromatic N) is 3. The van der Waals surface area contributed by atoms with Crippen molar-refractivity contribution in [2.45, 2.75) is 13.0 Å². The Labute approximate surface area is 182 Å². The maximum atomic E-state index is 14.1. The first-order valence-electron chi connectivity index (χ1n) is 9.88. The van der Waals surface area contributed by atoms with Gasteiger partial charge in [0.1, 0.15) is 17.2 Å². The first kappa shape index (κ1) is 20.9. The fourth-order valence-electron chi connectivity index (χ4n) is 3.27. The van der Waals surface area contributed by atoms with Crippen LogP contribution in [-0.4, -0.2) is 20.3 Å². The molecule has 1 atom stereocenters. The van der Waals surface area contributed by atoms with E-state index in [9.17, 15) is 18.8 Å². The molecule has 0 spiro atoms. The zero-order chi connectivity index (χ0) is 22.7. The fourth-order valence-corrected chi connectivity index (χ4v) is 3.27. The number of para-hydroxylation sites is 1. The van der Waals surface area contributed by atoms with Crippen LogP contribution in [0.15, 0.2) is 94.6 Å². The van der Waals surface area contributed by atoms with Gasteiger partial charge in [-0.2, -0.15) is 9.78 Å². The minimum absolute atomic E-state index is 0.0323. The molecule has 32 heavy (non-hydrogen) atoms. The Bertz CT molecular complexity index is 1410. The molecule has 2 aromatic carbocycles. The van der Waals surface area contributed by atoms with E-state index in [0.717, 1.165) is 10.2 Å². The van der Waals surface area contributed by atoms with Gasteiger partial charge in [-0.05, 0) is 48.9 Å². The molecule has 1 N–H and O–H groups in total. The SMILES string of the molecule is C[C@@H](NC(=O)c1ccc(=O)n(-c2ccccc2F)n1)c1cccc(-n2ccccc2=O)c1. The van der Waals surface area contributed by atoms with E-state index in [1.807, 2.05) is 6.07 Å². The topological polar surface area (TPSA) is 86.0 Å². The van der Waals surface area contributed by atoms with Crippen LogP contribution in [0.4, 0.5) is 4.39 Å². The number of hydrogen-bond donors (Lipinski definition) is 1. The summed E-state index contributed by atoms with van der Waals surface area (Å²) in [6.45, 7) is 1.79. The average molecular weight is 430 g/mol. The molecule has 1 amide bonds. The molecule has 7 nitrogen and oxygen atoms in total. The van der Waals surface area contributed by atoms with Gasteiger partial charge >= 0.3 is 0 Å². The van der Waals surface area contributed by atoms with Gasteiger partial charge in [-0.3, -0.25) is 19.0 Å². The number of carbonyl (C=O) groups excluding carboxylic acids is 1. The van der Waals surface area contributed by atoms with Crippen molar-refractivity contribution < 1.29 is 9.18 Å². The van der Waals surface area contributed by atoms with E-state index in [4.69, 9.17) is 0 Å². The van der Waals surface area contributed by atoms with Crippen molar-refractivity contribution in [1.29, 1.82) is 0 Å². The number of nitrogens with one attached hydrogen (secondary N) is 1. The monoisotopic (exact) mass is 430 g/mol. The van der Waals surface area contributed by atoms with E-state index in [-0.39, 0.29) is 16.9 Å². The van der Waals surface area contributed by atoms with Crippen molar-refractivity contribution in [3.63, 3.8) is 0 Å². The molecule has 0 saturated heterocycles. The molecule has 0 fully saturated rings. The maximum absolute atomic E-state index is 14.1. The van der Waals surface area contributed by atoms with Crippen LogP contribution in [0, 0.1) is 5.82 Å². The Morgan fingerprint density at radius 2 is 1.72 bits per heavy atom. The summed E-state index contributed by atoms with van der Waals surface area (Å²) in [5.74, 6) is -1.15. The lowest BCUT2D eigenvalue weighted by molar-refractivity contribution is 0.0933. The van der Waals surface area contributed by atoms with Crippen LogP contribution in [0.5, 0.6) is 0 Å². The molecule has 4 rings (SSSR count). The highest BCUT2D eigenvalue weighted by atomic mass is 19.1. The van der Waals surface area contributed by atoms with Crippen molar-refractivity contribution in [3.05, 3.63) is 123 Å². The second-order valence-corrected chi connectivity index (χ2v) is 7.12. The first-order valence-corrected chi connectivity index (χ1v) is 9.88. The molecule has 0 radical (unpaired) electrons. The summed E-state index contributed by atoms with van der Waals surface area (Å²) in [4.78, 5) is 37.0. The van der Waals surface area contributed by atoms with Crippen LogP contribution in [-0.2, 0) is 0 Å². The van der Waals surface area contributed by atoms with Crippen LogP contribution in [0.2, 0.25) is 0 Å². The normalized spacial score (nSPS) is 11.7. The van der Waals surface area contributed by atoms with Gasteiger partial charge in [0.15, 0.2) is 0 Å². The Morgan fingerprint density at radius 1 is 0.938 bits per heavy atom. The van der Waals surface area contributed by atoms with Crippen LogP contribution in [0.25, 0.3) is 11.4 Å². The van der Waals surface area contributed by atoms with E-state index in [2.05, 4.69) is 10.4 Å². The van der Waals surface area contributed by atoms with Crippen molar-refractivity contribution in [3.8, 4) is 11.4 Å². The van der Waals surface area contributed by atoms with Gasteiger partial charge in [-0.25, -0.2) is 4.39 Å². The largest absolute Gasteiger partial charge is 0.344 e. The lowest BCUT2D eigenvalue weighted by atomic mass is 10.1. The van der Waals surface area contributed by atoms with E-state index < -0.39 is 23.3 Å². The molecule has 0 unspecified atom stereocenters. The van der Waals surface area contributed by atoms with Gasteiger partial charge in [-0.15, -0.1) is 0 Å². The number of rotatable bonds is 5. The summed E-state index contributed by atoms with van der Waals surface area (Å²) >= 11 is 0. The minimum atomic E-state index is -0.624. The third-order valence-electron chi connectivity index (χ3n) is 4.93. The molecule has 0 aliphatic heterocycles. The molecule has 0 bridgehead atoms. The molecule has 160 valence electrons. The van der Waals surface area contributed by atoms with Crippen LogP contribution in [0.1, 0.15) is 29.0 Å². The first-order chi connectivity index (χ1) is 15.4. The number of hydrogen-bond acceptors (Lipinski definition) is 4. The van der Waals surface area contributed by atoms with Crippen LogP contribution in [0.3, 0.4) is 0 Å². The highest BCUT2D eigenvalue weighted by molar-refractivity contribution is 5.92. The maximum Gasteiger partial charge on any atom is 0.272 e. The summed E-state index contributed by atoms with van der Waals surface area (Å²) < 4.78 is 16.5. The molecule has 0 aliphatic rings. The van der Waals surface area contributed by atoms with Gasteiger partial charge in [0.2, 0.25) is 0 Å². The molecule has 0 aliphatic carbocycles. The molecular formula is C24H19FN4O3. The lowest BCUT2D eigenvalue weighted by Gasteiger charge is -2.16. The highest BCUT2D eigenvalue weighted by Crippen LogP contribution is 2.17. The van der Waals surface area contributed by atoms with Gasteiger partial charge in [0.25, 0.3) is 17.0 Å². The Balaban J connectivity index is 1.59. The highest BCUT2D eigenvalue weighted by Gasteiger charge is 2.16. The molecule has 0 saturated carbocycles. The number of amides is 1. The summed E-state index contributed by atoms with van der Waals surface area (Å²) in [6.07, 6.45) is 1.67. The summed E-state index contributed by atoms with van der Waals surface area (Å²) in [5, 5.41) is 6.85. The zero-order valence-electron chi connectivity index (χ0n) is 17.1. The third-order valence-corrected chi connectivity index (χ3v) is 4.93. The fraction of sp³-hybridized carbons (Fsp3) is 0.0833. The quantitative estimate of drug-likeness (QED) is 0.527. The summed E-state index contributed by atoms with van der Waals surface area (Å²) in [5.41, 5.74) is 0.646. The minimum Gasteiger partial charge on any atom is -0.344 e. The smallest absolute Gasteiger partial charge is 0.272 e. The van der Waals surface area contributed by atoms with Gasteiger partial charge in [0, 0.05) is 24.0 Å². The Kier molecular flexibility index (Phi) is 5.76. The summed E-state index contributed by atoms with van der Waals surface area (Å²) in [7, 11) is 0. The van der Waals surface area contributed by atoms with Gasteiger partial charge in [-0.1, -0.05) is 30.3 Å². The van der Waals surface area contributed by atoms with Gasteiger partial charge < -0.3 is 5.32 Å². The molecule has 2 aromatic heterocycles. The second kappa shape index (κ2) is 8.81. The Morgan fingerprint density at radius 3 is 2.50 bits per heavy atom. The van der Waals surface area contributed by atoms with E-state index in [0.29, 0.717) is 5.69 Å². The van der Waals surface area contributed by atoms with Crippen LogP contribution < -0.4 is 16.4 Å². The predicted octanol–water partition coefficient (Wildman–Crippen LogP) is 3.01. The molecular weight excluding hydrogens is 411 g/mol. The standard InChI is InChI=1S/C24H19FN4O3/c1-16(17-7-6-8-18(15-17)28-14-5-4-11-22(28)30)26-24(32)20-12-13-23(31)29(27-20)21-10-3-2-9-19(21)25/h2-16H,1H3,(H,26,32)/t16-/m1/s1. The number of pyridine rings is 1. The average Bonchev–Trinajstić information content (AvgIpc) is 2.80. The number of aromatic nitrogens is 3. The number of benzene rings is 2. The molecule has 8 heteroatoms.